The molecule has 2 rings (SSSR count). The van der Waals surface area contributed by atoms with Gasteiger partial charge in [-0.2, -0.15) is 0 Å². The lowest BCUT2D eigenvalue weighted by molar-refractivity contribution is -0.384. The van der Waals surface area contributed by atoms with Crippen molar-refractivity contribution in [2.45, 2.75) is 13.0 Å². The van der Waals surface area contributed by atoms with Gasteiger partial charge in [0.15, 0.2) is 0 Å². The Bertz CT molecular complexity index is 557. The minimum atomic E-state index is -0.477. The highest BCUT2D eigenvalue weighted by Gasteiger charge is 2.19. The quantitative estimate of drug-likeness (QED) is 0.690. The summed E-state index contributed by atoms with van der Waals surface area (Å²) in [5.74, 6) is 0.904. The van der Waals surface area contributed by atoms with Crippen LogP contribution in [0.2, 0.25) is 0 Å². The van der Waals surface area contributed by atoms with Crippen LogP contribution < -0.4 is 5.32 Å². The fourth-order valence-corrected chi connectivity index (χ4v) is 1.81. The summed E-state index contributed by atoms with van der Waals surface area (Å²) in [6.45, 7) is 1.84. The van der Waals surface area contributed by atoms with Crippen molar-refractivity contribution in [3.05, 3.63) is 51.0 Å². The molecule has 2 heterocycles. The number of anilines is 1. The van der Waals surface area contributed by atoms with Crippen LogP contribution in [0.5, 0.6) is 0 Å². The average molecular weight is 312 g/mol. The van der Waals surface area contributed by atoms with Crippen molar-refractivity contribution in [3.8, 4) is 0 Å². The van der Waals surface area contributed by atoms with Gasteiger partial charge < -0.3 is 9.73 Å². The maximum Gasteiger partial charge on any atom is 0.312 e. The largest absolute Gasteiger partial charge is 0.467 e. The number of hydrogen-bond acceptors (Lipinski definition) is 5. The Kier molecular flexibility index (Phi) is 3.61. The Balaban J connectivity index is 2.26. The number of hydrogen-bond donors (Lipinski definition) is 1. The van der Waals surface area contributed by atoms with Crippen LogP contribution >= 0.6 is 15.9 Å². The van der Waals surface area contributed by atoms with Crippen LogP contribution in [0.1, 0.15) is 18.7 Å². The number of pyridine rings is 1. The van der Waals surface area contributed by atoms with E-state index < -0.39 is 4.92 Å². The smallest absolute Gasteiger partial charge is 0.312 e. The van der Waals surface area contributed by atoms with Crippen LogP contribution in [0.4, 0.5) is 11.5 Å². The minimum Gasteiger partial charge on any atom is -0.467 e. The number of halogens is 1. The van der Waals surface area contributed by atoms with Gasteiger partial charge in [-0.15, -0.1) is 0 Å². The first-order valence-electron chi connectivity index (χ1n) is 5.18. The number of nitrogens with one attached hydrogen (secondary N) is 1. The third-order valence-corrected chi connectivity index (χ3v) is 2.79. The van der Waals surface area contributed by atoms with Gasteiger partial charge in [0.1, 0.15) is 5.76 Å². The minimum absolute atomic E-state index is 0.0808. The molecule has 2 aromatic rings. The zero-order valence-electron chi connectivity index (χ0n) is 9.46. The highest BCUT2D eigenvalue weighted by atomic mass is 79.9. The van der Waals surface area contributed by atoms with Gasteiger partial charge in [0.2, 0.25) is 5.82 Å². The lowest BCUT2D eigenvalue weighted by atomic mass is 10.2. The molecule has 0 bridgehead atoms. The Morgan fingerprint density at radius 3 is 3.00 bits per heavy atom. The normalized spacial score (nSPS) is 12.1. The second-order valence-corrected chi connectivity index (χ2v) is 4.58. The van der Waals surface area contributed by atoms with Gasteiger partial charge in [-0.05, 0) is 35.0 Å². The predicted molar refractivity (Wildman–Crippen MR) is 69.3 cm³/mol. The Morgan fingerprint density at radius 2 is 2.39 bits per heavy atom. The highest BCUT2D eigenvalue weighted by molar-refractivity contribution is 9.10. The molecule has 1 N–H and O–H groups in total. The van der Waals surface area contributed by atoms with E-state index in [2.05, 4.69) is 26.2 Å². The number of furan rings is 1. The Morgan fingerprint density at radius 1 is 1.61 bits per heavy atom. The molecule has 7 heteroatoms. The topological polar surface area (TPSA) is 81.2 Å². The lowest BCUT2D eigenvalue weighted by Gasteiger charge is -2.11. The fraction of sp³-hybridized carbons (Fsp3) is 0.182. The van der Waals surface area contributed by atoms with E-state index in [0.29, 0.717) is 10.2 Å². The number of rotatable bonds is 4. The molecule has 1 atom stereocenters. The van der Waals surface area contributed by atoms with Crippen molar-refractivity contribution < 1.29 is 9.34 Å². The molecular weight excluding hydrogens is 302 g/mol. The molecule has 1 unspecified atom stereocenters. The summed E-state index contributed by atoms with van der Waals surface area (Å²) in [5, 5.41) is 13.9. The van der Waals surface area contributed by atoms with Crippen molar-refractivity contribution in [1.29, 1.82) is 0 Å². The maximum absolute atomic E-state index is 10.9. The number of nitrogens with zero attached hydrogens (tertiary/aromatic N) is 2. The zero-order valence-corrected chi connectivity index (χ0v) is 11.0. The van der Waals surface area contributed by atoms with Gasteiger partial charge >= 0.3 is 5.69 Å². The molecule has 0 amide bonds. The molecule has 2 aromatic heterocycles. The maximum atomic E-state index is 10.9. The van der Waals surface area contributed by atoms with E-state index in [1.807, 2.05) is 6.92 Å². The summed E-state index contributed by atoms with van der Waals surface area (Å²) in [7, 11) is 0. The molecule has 0 spiro atoms. The molecule has 0 fully saturated rings. The van der Waals surface area contributed by atoms with Crippen LogP contribution in [0.15, 0.2) is 39.5 Å². The van der Waals surface area contributed by atoms with Crippen LogP contribution in [0, 0.1) is 10.1 Å². The molecule has 18 heavy (non-hydrogen) atoms. The molecule has 0 aliphatic heterocycles. The van der Waals surface area contributed by atoms with Crippen molar-refractivity contribution >= 4 is 27.4 Å². The van der Waals surface area contributed by atoms with Gasteiger partial charge in [-0.25, -0.2) is 4.98 Å². The van der Waals surface area contributed by atoms with Crippen molar-refractivity contribution in [3.63, 3.8) is 0 Å². The Labute approximate surface area is 111 Å². The van der Waals surface area contributed by atoms with Crippen molar-refractivity contribution in [2.75, 3.05) is 5.32 Å². The zero-order chi connectivity index (χ0) is 13.1. The molecule has 0 radical (unpaired) electrons. The standard InChI is InChI=1S/C11H10BrN3O3/c1-7(10-3-2-4-18-10)14-11-9(15(16)17)5-8(12)6-13-11/h2-7H,1H3,(H,13,14). The van der Waals surface area contributed by atoms with Gasteiger partial charge in [0.05, 0.1) is 17.2 Å². The van der Waals surface area contributed by atoms with Gasteiger partial charge in [0, 0.05) is 16.7 Å². The van der Waals surface area contributed by atoms with Crippen LogP contribution in [0.3, 0.4) is 0 Å². The van der Waals surface area contributed by atoms with E-state index >= 15 is 0 Å². The third-order valence-electron chi connectivity index (χ3n) is 2.35. The van der Waals surface area contributed by atoms with Crippen LogP contribution in [-0.2, 0) is 0 Å². The summed E-state index contributed by atoms with van der Waals surface area (Å²) in [6, 6.07) is 4.76. The number of aromatic nitrogens is 1. The molecule has 6 nitrogen and oxygen atoms in total. The van der Waals surface area contributed by atoms with Crippen molar-refractivity contribution in [2.24, 2.45) is 0 Å². The van der Waals surface area contributed by atoms with Gasteiger partial charge in [-0.1, -0.05) is 0 Å². The summed E-state index contributed by atoms with van der Waals surface area (Å²) in [6.07, 6.45) is 3.06. The van der Waals surface area contributed by atoms with Gasteiger partial charge in [-0.3, -0.25) is 10.1 Å². The molecule has 0 saturated carbocycles. The highest BCUT2D eigenvalue weighted by Crippen LogP contribution is 2.28. The van der Waals surface area contributed by atoms with E-state index in [1.165, 1.54) is 12.3 Å². The molecule has 0 aliphatic rings. The second-order valence-electron chi connectivity index (χ2n) is 3.66. The van der Waals surface area contributed by atoms with E-state index in [-0.39, 0.29) is 17.5 Å². The first-order chi connectivity index (χ1) is 8.58. The second kappa shape index (κ2) is 5.18. The van der Waals surface area contributed by atoms with Crippen molar-refractivity contribution in [1.82, 2.24) is 4.98 Å². The summed E-state index contributed by atoms with van der Waals surface area (Å²) >= 11 is 3.16. The van der Waals surface area contributed by atoms with E-state index in [0.717, 1.165) is 0 Å². The first-order valence-corrected chi connectivity index (χ1v) is 5.97. The summed E-state index contributed by atoms with van der Waals surface area (Å²) in [4.78, 5) is 14.5. The van der Waals surface area contributed by atoms with E-state index in [1.54, 1.807) is 18.4 Å². The van der Waals surface area contributed by atoms with Crippen LogP contribution in [0.25, 0.3) is 0 Å². The van der Waals surface area contributed by atoms with E-state index in [9.17, 15) is 10.1 Å². The molecule has 0 saturated heterocycles. The first kappa shape index (κ1) is 12.6. The molecule has 94 valence electrons. The monoisotopic (exact) mass is 311 g/mol. The summed E-state index contributed by atoms with van der Waals surface area (Å²) < 4.78 is 5.78. The predicted octanol–water partition coefficient (Wildman–Crippen LogP) is 3.52. The SMILES string of the molecule is CC(Nc1ncc(Br)cc1[N+](=O)[O-])c1ccco1. The van der Waals surface area contributed by atoms with Crippen LogP contribution in [-0.4, -0.2) is 9.91 Å². The van der Waals surface area contributed by atoms with E-state index in [4.69, 9.17) is 4.42 Å². The molecular formula is C11H10BrN3O3. The number of nitro groups is 1. The fourth-order valence-electron chi connectivity index (χ4n) is 1.49. The lowest BCUT2D eigenvalue weighted by Crippen LogP contribution is -2.09. The Hall–Kier alpha value is -1.89. The average Bonchev–Trinajstić information content (AvgIpc) is 2.84. The third kappa shape index (κ3) is 2.67. The summed E-state index contributed by atoms with van der Waals surface area (Å²) in [5.41, 5.74) is -0.0808. The van der Waals surface area contributed by atoms with Gasteiger partial charge in [0.25, 0.3) is 0 Å². The molecule has 0 aliphatic carbocycles. The molecule has 0 aromatic carbocycles.